The quantitative estimate of drug-likeness (QED) is 0.678. The molecule has 1 unspecified atom stereocenters. The molecule has 0 aromatic heterocycles. The molecule has 10 heteroatoms. The number of sulfone groups is 1. The van der Waals surface area contributed by atoms with Gasteiger partial charge in [0.2, 0.25) is 0 Å². The molecule has 0 aliphatic heterocycles. The third-order valence-corrected chi connectivity index (χ3v) is 6.02. The van der Waals surface area contributed by atoms with Gasteiger partial charge in [-0.1, -0.05) is 18.5 Å². The van der Waals surface area contributed by atoms with E-state index < -0.39 is 33.5 Å². The van der Waals surface area contributed by atoms with E-state index in [1.165, 1.54) is 32.0 Å². The number of hydrogen-bond donors (Lipinski definition) is 1. The Kier molecular flexibility index (Phi) is 6.30. The van der Waals surface area contributed by atoms with Gasteiger partial charge in [-0.25, -0.2) is 8.42 Å². The van der Waals surface area contributed by atoms with Gasteiger partial charge in [-0.2, -0.15) is 13.2 Å². The van der Waals surface area contributed by atoms with Crippen molar-refractivity contribution in [1.82, 2.24) is 0 Å². The number of halogens is 4. The Balaban J connectivity index is 2.48. The average molecular weight is 437 g/mol. The number of alkyl halides is 3. The Morgan fingerprint density at radius 1 is 1.21 bits per heavy atom. The summed E-state index contributed by atoms with van der Waals surface area (Å²) in [5, 5.41) is 8.97. The van der Waals surface area contributed by atoms with Crippen LogP contribution < -0.4 is 4.74 Å². The molecule has 2 aromatic rings. The summed E-state index contributed by atoms with van der Waals surface area (Å²) < 4.78 is 68.6. The minimum atomic E-state index is -4.71. The van der Waals surface area contributed by atoms with E-state index in [0.29, 0.717) is 6.07 Å². The fraction of sp³-hybridized carbons (Fsp3) is 0.278. The number of rotatable bonds is 6. The second-order valence-electron chi connectivity index (χ2n) is 5.95. The predicted octanol–water partition coefficient (Wildman–Crippen LogP) is 5.13. The summed E-state index contributed by atoms with van der Waals surface area (Å²) in [4.78, 5) is 11.1. The minimum Gasteiger partial charge on any atom is -0.481 e. The minimum absolute atomic E-state index is 0.0448. The molecule has 0 aliphatic carbocycles. The maximum Gasteiger partial charge on any atom is 0.416 e. The number of carbonyl (C=O) groups is 1. The van der Waals surface area contributed by atoms with E-state index in [1.807, 2.05) is 0 Å². The largest absolute Gasteiger partial charge is 0.481 e. The van der Waals surface area contributed by atoms with Gasteiger partial charge in [0.1, 0.15) is 11.5 Å². The van der Waals surface area contributed by atoms with Gasteiger partial charge in [0, 0.05) is 0 Å². The third-order valence-electron chi connectivity index (χ3n) is 4.00. The normalized spacial score (nSPS) is 13.2. The molecule has 5 nitrogen and oxygen atoms in total. The van der Waals surface area contributed by atoms with Gasteiger partial charge >= 0.3 is 12.1 Å². The summed E-state index contributed by atoms with van der Waals surface area (Å²) in [6, 6.07) is 6.22. The lowest BCUT2D eigenvalue weighted by Gasteiger charge is -2.15. The molecule has 0 bridgehead atoms. The van der Waals surface area contributed by atoms with Crippen molar-refractivity contribution in [1.29, 1.82) is 0 Å². The highest BCUT2D eigenvalue weighted by molar-refractivity contribution is 7.91. The van der Waals surface area contributed by atoms with E-state index in [2.05, 4.69) is 0 Å². The first kappa shape index (κ1) is 22.0. The Labute approximate surface area is 164 Å². The van der Waals surface area contributed by atoms with E-state index in [0.717, 1.165) is 12.1 Å². The molecule has 2 aromatic carbocycles. The van der Waals surface area contributed by atoms with Crippen molar-refractivity contribution in [3.8, 4) is 11.5 Å². The topological polar surface area (TPSA) is 80.7 Å². The van der Waals surface area contributed by atoms with Crippen LogP contribution in [0.1, 0.15) is 30.9 Å². The van der Waals surface area contributed by atoms with Crippen LogP contribution in [-0.2, 0) is 20.8 Å². The molecule has 1 atom stereocenters. The molecule has 1 N–H and O–H groups in total. The molecule has 0 aliphatic rings. The molecular weight excluding hydrogens is 421 g/mol. The highest BCUT2D eigenvalue weighted by atomic mass is 35.5. The average Bonchev–Trinajstić information content (AvgIpc) is 2.61. The van der Waals surface area contributed by atoms with Crippen LogP contribution in [0.15, 0.2) is 41.3 Å². The Bertz CT molecular complexity index is 1000. The van der Waals surface area contributed by atoms with Crippen LogP contribution in [0.5, 0.6) is 11.5 Å². The molecular formula is C18H16ClF3O5S. The maximum absolute atomic E-state index is 13.2. The first-order valence-corrected chi connectivity index (χ1v) is 10.0. The Hall–Kier alpha value is -2.26. The van der Waals surface area contributed by atoms with Crippen LogP contribution in [0.25, 0.3) is 0 Å². The molecule has 0 saturated carbocycles. The lowest BCUT2D eigenvalue weighted by atomic mass is 9.98. The van der Waals surface area contributed by atoms with Crippen LogP contribution in [0, 0.1) is 0 Å². The highest BCUT2D eigenvalue weighted by Crippen LogP contribution is 2.37. The first-order valence-electron chi connectivity index (χ1n) is 8.00. The van der Waals surface area contributed by atoms with E-state index in [4.69, 9.17) is 21.4 Å². The molecule has 0 fully saturated rings. The highest BCUT2D eigenvalue weighted by Gasteiger charge is 2.32. The van der Waals surface area contributed by atoms with Gasteiger partial charge in [-0.15, -0.1) is 0 Å². The number of benzene rings is 2. The molecule has 0 saturated heterocycles. The van der Waals surface area contributed by atoms with Crippen molar-refractivity contribution in [2.45, 2.75) is 30.8 Å². The van der Waals surface area contributed by atoms with E-state index in [9.17, 15) is 26.4 Å². The number of carboxylic acids is 1. The molecule has 2 rings (SSSR count). The molecule has 0 amide bonds. The molecule has 152 valence electrons. The van der Waals surface area contributed by atoms with Crippen LogP contribution in [-0.4, -0.2) is 25.2 Å². The standard InChI is InChI=1S/C18H16ClF3O5S/c1-3-28(25,26)14-4-5-16(15(19)9-14)27-13-7-11(10(2)17(23)24)6-12(8-13)18(20,21)22/h4-10H,3H2,1-2H3,(H,23,24). The lowest BCUT2D eigenvalue weighted by Crippen LogP contribution is -2.11. The van der Waals surface area contributed by atoms with Crippen molar-refractivity contribution in [2.24, 2.45) is 0 Å². The fourth-order valence-corrected chi connectivity index (χ4v) is 3.48. The van der Waals surface area contributed by atoms with E-state index in [1.54, 1.807) is 0 Å². The SMILES string of the molecule is CCS(=O)(=O)c1ccc(Oc2cc(C(C)C(=O)O)cc(C(F)(F)F)c2)c(Cl)c1. The van der Waals surface area contributed by atoms with Crippen molar-refractivity contribution in [3.05, 3.63) is 52.5 Å². The van der Waals surface area contributed by atoms with E-state index >= 15 is 0 Å². The summed E-state index contributed by atoms with van der Waals surface area (Å²) in [5.74, 6) is -2.97. The van der Waals surface area contributed by atoms with Crippen LogP contribution in [0.3, 0.4) is 0 Å². The molecule has 0 spiro atoms. The van der Waals surface area contributed by atoms with Gasteiger partial charge in [-0.3, -0.25) is 4.79 Å². The zero-order valence-corrected chi connectivity index (χ0v) is 16.3. The van der Waals surface area contributed by atoms with Crippen LogP contribution in [0.4, 0.5) is 13.2 Å². The molecule has 28 heavy (non-hydrogen) atoms. The van der Waals surface area contributed by atoms with Crippen molar-refractivity contribution in [2.75, 3.05) is 5.75 Å². The number of ether oxygens (including phenoxy) is 1. The van der Waals surface area contributed by atoms with Gasteiger partial charge < -0.3 is 9.84 Å². The predicted molar refractivity (Wildman–Crippen MR) is 96.7 cm³/mol. The van der Waals surface area contributed by atoms with Gasteiger partial charge in [-0.05, 0) is 48.9 Å². The molecule has 0 heterocycles. The summed E-state index contributed by atoms with van der Waals surface area (Å²) in [5.41, 5.74) is -1.17. The Morgan fingerprint density at radius 3 is 2.36 bits per heavy atom. The maximum atomic E-state index is 13.2. The summed E-state index contributed by atoms with van der Waals surface area (Å²) >= 11 is 6.02. The van der Waals surface area contributed by atoms with Crippen molar-refractivity contribution in [3.63, 3.8) is 0 Å². The monoisotopic (exact) mass is 436 g/mol. The van der Waals surface area contributed by atoms with Gasteiger partial charge in [0.15, 0.2) is 9.84 Å². The summed E-state index contributed by atoms with van der Waals surface area (Å²) in [6.07, 6.45) is -4.71. The second kappa shape index (κ2) is 8.00. The second-order valence-corrected chi connectivity index (χ2v) is 8.63. The zero-order chi connectivity index (χ0) is 21.3. The zero-order valence-electron chi connectivity index (χ0n) is 14.7. The summed E-state index contributed by atoms with van der Waals surface area (Å²) in [6.45, 7) is 2.71. The van der Waals surface area contributed by atoms with Crippen molar-refractivity contribution >= 4 is 27.4 Å². The first-order chi connectivity index (χ1) is 12.8. The lowest BCUT2D eigenvalue weighted by molar-refractivity contribution is -0.140. The number of aliphatic carboxylic acids is 1. The smallest absolute Gasteiger partial charge is 0.416 e. The van der Waals surface area contributed by atoms with Crippen LogP contribution >= 0.6 is 11.6 Å². The molecule has 0 radical (unpaired) electrons. The fourth-order valence-electron chi connectivity index (χ4n) is 2.29. The Morgan fingerprint density at radius 2 is 1.86 bits per heavy atom. The van der Waals surface area contributed by atoms with E-state index in [-0.39, 0.29) is 32.7 Å². The summed E-state index contributed by atoms with van der Waals surface area (Å²) in [7, 11) is -3.52. The van der Waals surface area contributed by atoms with Gasteiger partial charge in [0.25, 0.3) is 0 Å². The van der Waals surface area contributed by atoms with Gasteiger partial charge in [0.05, 0.1) is 27.2 Å². The number of hydrogen-bond acceptors (Lipinski definition) is 4. The van der Waals surface area contributed by atoms with Crippen LogP contribution in [0.2, 0.25) is 5.02 Å². The third kappa shape index (κ3) is 4.96. The van der Waals surface area contributed by atoms with Crippen molar-refractivity contribution < 1.29 is 36.2 Å². The number of carboxylic acid groups (broad SMARTS) is 1.